The molecular formula is C7H12FN3O3S. The van der Waals surface area contributed by atoms with Gasteiger partial charge in [0.05, 0.1) is 0 Å². The number of aromatic nitrogens is 3. The van der Waals surface area contributed by atoms with E-state index in [9.17, 15) is 12.3 Å². The van der Waals surface area contributed by atoms with Gasteiger partial charge in [0.1, 0.15) is 6.61 Å². The molecule has 15 heavy (non-hydrogen) atoms. The van der Waals surface area contributed by atoms with Gasteiger partial charge < -0.3 is 4.74 Å². The van der Waals surface area contributed by atoms with Crippen LogP contribution in [0.4, 0.5) is 3.89 Å². The molecule has 0 spiro atoms. The summed E-state index contributed by atoms with van der Waals surface area (Å²) < 4.78 is 40.3. The van der Waals surface area contributed by atoms with Crippen LogP contribution in [0.5, 0.6) is 0 Å². The van der Waals surface area contributed by atoms with E-state index in [4.69, 9.17) is 4.74 Å². The van der Waals surface area contributed by atoms with E-state index in [0.29, 0.717) is 0 Å². The maximum Gasteiger partial charge on any atom is 0.368 e. The molecule has 0 N–H and O–H groups in total. The first-order valence-corrected chi connectivity index (χ1v) is 5.63. The topological polar surface area (TPSA) is 74.1 Å². The Kier molecular flexibility index (Phi) is 3.40. The molecule has 1 heterocycles. The zero-order valence-corrected chi connectivity index (χ0v) is 9.45. The lowest BCUT2D eigenvalue weighted by molar-refractivity contribution is 0.172. The normalized spacial score (nSPS) is 12.3. The maximum atomic E-state index is 12.8. The second-order valence-corrected chi connectivity index (χ2v) is 4.47. The van der Waals surface area contributed by atoms with Crippen molar-refractivity contribution in [3.05, 3.63) is 5.82 Å². The standard InChI is InChI=1S/C7H12FN3O3S/c1-5(2)11-6(4-14-3)9-10-7(11)15(8,12)13/h5H,4H2,1-3H3. The fourth-order valence-electron chi connectivity index (χ4n) is 1.22. The van der Waals surface area contributed by atoms with Crippen molar-refractivity contribution in [1.82, 2.24) is 14.8 Å². The lowest BCUT2D eigenvalue weighted by atomic mass is 10.4. The minimum absolute atomic E-state index is 0.0840. The Morgan fingerprint density at radius 3 is 2.47 bits per heavy atom. The van der Waals surface area contributed by atoms with Gasteiger partial charge in [-0.15, -0.1) is 10.2 Å². The van der Waals surface area contributed by atoms with E-state index in [1.807, 2.05) is 0 Å². The maximum absolute atomic E-state index is 12.8. The van der Waals surface area contributed by atoms with Crippen molar-refractivity contribution in [1.29, 1.82) is 0 Å². The summed E-state index contributed by atoms with van der Waals surface area (Å²) in [7, 11) is -3.41. The zero-order valence-electron chi connectivity index (χ0n) is 8.64. The second kappa shape index (κ2) is 4.23. The molecule has 1 aromatic heterocycles. The average Bonchev–Trinajstić information content (AvgIpc) is 2.47. The Morgan fingerprint density at radius 2 is 2.07 bits per heavy atom. The van der Waals surface area contributed by atoms with Gasteiger partial charge in [0.2, 0.25) is 0 Å². The van der Waals surface area contributed by atoms with E-state index in [0.717, 1.165) is 0 Å². The fourth-order valence-corrected chi connectivity index (χ4v) is 1.91. The van der Waals surface area contributed by atoms with E-state index < -0.39 is 15.4 Å². The van der Waals surface area contributed by atoms with E-state index in [-0.39, 0.29) is 18.5 Å². The molecule has 1 aromatic rings. The highest BCUT2D eigenvalue weighted by Gasteiger charge is 2.25. The number of ether oxygens (including phenoxy) is 1. The Labute approximate surface area is 87.3 Å². The monoisotopic (exact) mass is 237 g/mol. The summed E-state index contributed by atoms with van der Waals surface area (Å²) >= 11 is 0. The quantitative estimate of drug-likeness (QED) is 0.719. The van der Waals surface area contributed by atoms with Crippen LogP contribution in [0, 0.1) is 0 Å². The summed E-state index contributed by atoms with van der Waals surface area (Å²) in [5, 5.41) is 6.18. The number of hydrogen-bond acceptors (Lipinski definition) is 5. The molecule has 0 aliphatic heterocycles. The molecule has 0 aliphatic rings. The molecule has 0 amide bonds. The van der Waals surface area contributed by atoms with Crippen molar-refractivity contribution in [3.8, 4) is 0 Å². The van der Waals surface area contributed by atoms with Gasteiger partial charge in [-0.05, 0) is 13.8 Å². The molecule has 86 valence electrons. The highest BCUT2D eigenvalue weighted by molar-refractivity contribution is 7.86. The van der Waals surface area contributed by atoms with Crippen LogP contribution in [-0.2, 0) is 21.6 Å². The second-order valence-electron chi connectivity index (χ2n) is 3.23. The Balaban J connectivity index is 3.31. The summed E-state index contributed by atoms with van der Waals surface area (Å²) in [5.74, 6) is 0.281. The summed E-state index contributed by atoms with van der Waals surface area (Å²) in [4.78, 5) is 0. The van der Waals surface area contributed by atoms with Gasteiger partial charge >= 0.3 is 10.2 Å². The third kappa shape index (κ3) is 2.51. The Morgan fingerprint density at radius 1 is 1.47 bits per heavy atom. The predicted octanol–water partition coefficient (Wildman–Crippen LogP) is 0.664. The first kappa shape index (κ1) is 12.1. The van der Waals surface area contributed by atoms with E-state index >= 15 is 0 Å². The van der Waals surface area contributed by atoms with Crippen molar-refractivity contribution in [2.24, 2.45) is 0 Å². The average molecular weight is 237 g/mol. The molecular weight excluding hydrogens is 225 g/mol. The number of rotatable bonds is 4. The van der Waals surface area contributed by atoms with Gasteiger partial charge in [-0.3, -0.25) is 4.57 Å². The number of nitrogens with zero attached hydrogens (tertiary/aromatic N) is 3. The van der Waals surface area contributed by atoms with Crippen LogP contribution in [0.2, 0.25) is 0 Å². The molecule has 0 saturated heterocycles. The highest BCUT2D eigenvalue weighted by Crippen LogP contribution is 2.17. The first-order valence-electron chi connectivity index (χ1n) is 4.25. The van der Waals surface area contributed by atoms with Gasteiger partial charge in [-0.25, -0.2) is 0 Å². The predicted molar refractivity (Wildman–Crippen MR) is 49.4 cm³/mol. The summed E-state index contributed by atoms with van der Waals surface area (Å²) in [5.41, 5.74) is 0. The SMILES string of the molecule is COCc1nnc(S(=O)(=O)F)n1C(C)C. The lowest BCUT2D eigenvalue weighted by Crippen LogP contribution is -2.12. The van der Waals surface area contributed by atoms with Crippen LogP contribution in [0.1, 0.15) is 25.7 Å². The summed E-state index contributed by atoms with van der Waals surface area (Å²) in [6.07, 6.45) is 0. The number of methoxy groups -OCH3 is 1. The van der Waals surface area contributed by atoms with Crippen molar-refractivity contribution >= 4 is 10.2 Å². The molecule has 1 rings (SSSR count). The lowest BCUT2D eigenvalue weighted by Gasteiger charge is -2.11. The first-order chi connectivity index (χ1) is 6.88. The van der Waals surface area contributed by atoms with Gasteiger partial charge in [-0.2, -0.15) is 8.42 Å². The van der Waals surface area contributed by atoms with Crippen molar-refractivity contribution < 1.29 is 17.0 Å². The number of halogens is 1. The minimum Gasteiger partial charge on any atom is -0.377 e. The molecule has 8 heteroatoms. The summed E-state index contributed by atoms with van der Waals surface area (Å²) in [6.45, 7) is 3.50. The van der Waals surface area contributed by atoms with Crippen molar-refractivity contribution in [2.75, 3.05) is 7.11 Å². The van der Waals surface area contributed by atoms with Crippen molar-refractivity contribution in [3.63, 3.8) is 0 Å². The van der Waals surface area contributed by atoms with Gasteiger partial charge in [-0.1, -0.05) is 3.89 Å². The van der Waals surface area contributed by atoms with Gasteiger partial charge in [0.25, 0.3) is 5.16 Å². The van der Waals surface area contributed by atoms with Crippen LogP contribution < -0.4 is 0 Å². The van der Waals surface area contributed by atoms with Crippen LogP contribution >= 0.6 is 0 Å². The molecule has 0 aliphatic carbocycles. The molecule has 0 radical (unpaired) electrons. The highest BCUT2D eigenvalue weighted by atomic mass is 32.3. The largest absolute Gasteiger partial charge is 0.377 e. The third-order valence-corrected chi connectivity index (χ3v) is 2.46. The minimum atomic E-state index is -4.84. The molecule has 0 unspecified atom stereocenters. The Hall–Kier alpha value is -1.02. The van der Waals surface area contributed by atoms with Crippen LogP contribution in [0.3, 0.4) is 0 Å². The zero-order chi connectivity index (χ0) is 11.6. The van der Waals surface area contributed by atoms with E-state index in [1.54, 1.807) is 13.8 Å². The molecule has 0 fully saturated rings. The van der Waals surface area contributed by atoms with Gasteiger partial charge in [0, 0.05) is 13.2 Å². The molecule has 0 aromatic carbocycles. The van der Waals surface area contributed by atoms with Crippen LogP contribution in [0.25, 0.3) is 0 Å². The third-order valence-electron chi connectivity index (χ3n) is 1.74. The van der Waals surface area contributed by atoms with E-state index in [1.165, 1.54) is 11.7 Å². The van der Waals surface area contributed by atoms with Gasteiger partial charge in [0.15, 0.2) is 5.82 Å². The molecule has 6 nitrogen and oxygen atoms in total. The fraction of sp³-hybridized carbons (Fsp3) is 0.714. The molecule has 0 bridgehead atoms. The van der Waals surface area contributed by atoms with E-state index in [2.05, 4.69) is 10.2 Å². The van der Waals surface area contributed by atoms with Crippen LogP contribution in [0.15, 0.2) is 5.16 Å². The smallest absolute Gasteiger partial charge is 0.368 e. The molecule has 0 atom stereocenters. The molecule has 0 saturated carbocycles. The number of hydrogen-bond donors (Lipinski definition) is 0. The van der Waals surface area contributed by atoms with Crippen LogP contribution in [-0.4, -0.2) is 30.3 Å². The van der Waals surface area contributed by atoms with Crippen molar-refractivity contribution in [2.45, 2.75) is 31.7 Å². The Bertz CT molecular complexity index is 440. The summed E-state index contributed by atoms with van der Waals surface area (Å²) in [6, 6.07) is -0.259.